The van der Waals surface area contributed by atoms with E-state index in [9.17, 15) is 9.90 Å². The number of aliphatic hydroxyl groups excluding tert-OH is 1. The van der Waals surface area contributed by atoms with E-state index >= 15 is 0 Å². The highest BCUT2D eigenvalue weighted by Crippen LogP contribution is 2.25. The fourth-order valence-corrected chi connectivity index (χ4v) is 4.35. The summed E-state index contributed by atoms with van der Waals surface area (Å²) in [5.74, 6) is 0.612. The third-order valence-corrected chi connectivity index (χ3v) is 5.84. The molecule has 6 heteroatoms. The minimum atomic E-state index is 0.128. The van der Waals surface area contributed by atoms with E-state index in [-0.39, 0.29) is 18.6 Å². The van der Waals surface area contributed by atoms with Crippen molar-refractivity contribution in [1.82, 2.24) is 9.80 Å². The van der Waals surface area contributed by atoms with Crippen LogP contribution in [0.1, 0.15) is 25.1 Å². The Morgan fingerprint density at radius 1 is 1.57 bits per heavy atom. The number of hydrogen-bond acceptors (Lipinski definition) is 4. The molecule has 1 aromatic rings. The van der Waals surface area contributed by atoms with Gasteiger partial charge in [-0.3, -0.25) is 9.69 Å². The first-order valence-corrected chi connectivity index (χ1v) is 9.03. The molecule has 0 aliphatic carbocycles. The number of halogens is 1. The molecular weight excluding hydrogens is 352 g/mol. The van der Waals surface area contributed by atoms with Gasteiger partial charge in [0, 0.05) is 17.5 Å². The molecule has 0 radical (unpaired) electrons. The number of rotatable bonds is 6. The summed E-state index contributed by atoms with van der Waals surface area (Å²) in [6.07, 6.45) is 1.06. The average Bonchev–Trinajstić information content (AvgIpc) is 3.02. The van der Waals surface area contributed by atoms with Gasteiger partial charge in [0.2, 0.25) is 5.91 Å². The van der Waals surface area contributed by atoms with E-state index in [2.05, 4.69) is 33.8 Å². The normalized spacial score (nSPS) is 22.7. The minimum absolute atomic E-state index is 0.128. The molecule has 0 bridgehead atoms. The number of carbonyl (C=O) groups excluding carboxylic acids is 1. The second-order valence-corrected chi connectivity index (χ2v) is 8.15. The van der Waals surface area contributed by atoms with Crippen LogP contribution in [-0.2, 0) is 11.3 Å². The number of amides is 1. The fourth-order valence-electron chi connectivity index (χ4n) is 2.85. The molecule has 1 saturated heterocycles. The lowest BCUT2D eigenvalue weighted by Crippen LogP contribution is -2.44. The highest BCUT2D eigenvalue weighted by Gasteiger charge is 2.32. The van der Waals surface area contributed by atoms with Gasteiger partial charge in [0.25, 0.3) is 0 Å². The molecule has 2 atom stereocenters. The van der Waals surface area contributed by atoms with Crippen molar-refractivity contribution < 1.29 is 9.90 Å². The number of likely N-dealkylation sites (N-methyl/N-ethyl adjacent to an activating group) is 1. The lowest BCUT2D eigenvalue weighted by Gasteiger charge is -2.28. The van der Waals surface area contributed by atoms with E-state index in [0.717, 1.165) is 16.8 Å². The monoisotopic (exact) mass is 374 g/mol. The first-order valence-electron chi connectivity index (χ1n) is 7.42. The molecule has 2 heterocycles. The summed E-state index contributed by atoms with van der Waals surface area (Å²) in [7, 11) is 0. The summed E-state index contributed by atoms with van der Waals surface area (Å²) in [6.45, 7) is 6.98. The maximum atomic E-state index is 12.5. The summed E-state index contributed by atoms with van der Waals surface area (Å²) < 4.78 is 1.09. The van der Waals surface area contributed by atoms with Crippen LogP contribution in [0.5, 0.6) is 0 Å². The van der Waals surface area contributed by atoms with Crippen LogP contribution in [0.2, 0.25) is 0 Å². The fraction of sp³-hybridized carbons (Fsp3) is 0.667. The van der Waals surface area contributed by atoms with Crippen molar-refractivity contribution in [2.24, 2.45) is 5.92 Å². The Kier molecular flexibility index (Phi) is 6.22. The summed E-state index contributed by atoms with van der Waals surface area (Å²) in [4.78, 5) is 17.7. The van der Waals surface area contributed by atoms with Gasteiger partial charge < -0.3 is 10.0 Å². The second kappa shape index (κ2) is 7.72. The van der Waals surface area contributed by atoms with Crippen LogP contribution in [0, 0.1) is 5.92 Å². The zero-order chi connectivity index (χ0) is 15.4. The molecule has 2 rings (SSSR count). The maximum absolute atomic E-state index is 12.5. The van der Waals surface area contributed by atoms with Crippen LogP contribution in [0.15, 0.2) is 15.9 Å². The molecule has 21 heavy (non-hydrogen) atoms. The molecule has 1 amide bonds. The number of nitrogens with zero attached hydrogens (tertiary/aromatic N) is 2. The zero-order valence-electron chi connectivity index (χ0n) is 12.6. The van der Waals surface area contributed by atoms with Gasteiger partial charge in [-0.2, -0.15) is 0 Å². The minimum Gasteiger partial charge on any atom is -0.395 e. The van der Waals surface area contributed by atoms with E-state index in [1.807, 2.05) is 17.9 Å². The van der Waals surface area contributed by atoms with Crippen molar-refractivity contribution in [3.05, 3.63) is 20.8 Å². The maximum Gasteiger partial charge on any atom is 0.237 e. The Labute approximate surface area is 138 Å². The number of thiophene rings is 1. The second-order valence-electron chi connectivity index (χ2n) is 5.60. The Balaban J connectivity index is 1.94. The predicted molar refractivity (Wildman–Crippen MR) is 89.3 cm³/mol. The van der Waals surface area contributed by atoms with Gasteiger partial charge in [-0.15, -0.1) is 11.3 Å². The summed E-state index contributed by atoms with van der Waals surface area (Å²) in [6, 6.07) is 4.20. The van der Waals surface area contributed by atoms with Gasteiger partial charge in [-0.05, 0) is 53.9 Å². The Morgan fingerprint density at radius 3 is 2.90 bits per heavy atom. The van der Waals surface area contributed by atoms with Crippen molar-refractivity contribution in [3.8, 4) is 0 Å². The van der Waals surface area contributed by atoms with Gasteiger partial charge in [-0.25, -0.2) is 0 Å². The number of carbonyl (C=O) groups is 1. The standard InChI is InChI=1S/C15H23BrN2O2S/c1-3-17(8-12-4-5-14(16)21-12)15(20)9-18-7-6-11(2)13(18)10-19/h4-5,11,13,19H,3,6-10H2,1-2H3. The predicted octanol–water partition coefficient (Wildman–Crippen LogP) is 2.56. The number of hydrogen-bond donors (Lipinski definition) is 1. The van der Waals surface area contributed by atoms with Crippen molar-refractivity contribution in [2.75, 3.05) is 26.2 Å². The quantitative estimate of drug-likeness (QED) is 0.831. The van der Waals surface area contributed by atoms with Crippen LogP contribution < -0.4 is 0 Å². The van der Waals surface area contributed by atoms with Gasteiger partial charge in [0.1, 0.15) is 0 Å². The molecule has 1 fully saturated rings. The molecule has 4 nitrogen and oxygen atoms in total. The smallest absolute Gasteiger partial charge is 0.237 e. The van der Waals surface area contributed by atoms with Crippen LogP contribution in [0.4, 0.5) is 0 Å². The van der Waals surface area contributed by atoms with Crippen LogP contribution in [-0.4, -0.2) is 53.1 Å². The van der Waals surface area contributed by atoms with Crippen molar-refractivity contribution >= 4 is 33.2 Å². The van der Waals surface area contributed by atoms with E-state index in [4.69, 9.17) is 0 Å². The molecule has 1 aliphatic heterocycles. The van der Waals surface area contributed by atoms with Crippen LogP contribution in [0.3, 0.4) is 0 Å². The van der Waals surface area contributed by atoms with Crippen molar-refractivity contribution in [2.45, 2.75) is 32.9 Å². The van der Waals surface area contributed by atoms with Crippen molar-refractivity contribution in [1.29, 1.82) is 0 Å². The number of likely N-dealkylation sites (tertiary alicyclic amines) is 1. The highest BCUT2D eigenvalue weighted by molar-refractivity contribution is 9.11. The Morgan fingerprint density at radius 2 is 2.33 bits per heavy atom. The molecule has 0 spiro atoms. The van der Waals surface area contributed by atoms with E-state index in [1.54, 1.807) is 11.3 Å². The topological polar surface area (TPSA) is 43.8 Å². The zero-order valence-corrected chi connectivity index (χ0v) is 15.0. The van der Waals surface area contributed by atoms with Gasteiger partial charge in [0.15, 0.2) is 0 Å². The first-order chi connectivity index (χ1) is 10.0. The van der Waals surface area contributed by atoms with Gasteiger partial charge in [-0.1, -0.05) is 6.92 Å². The lowest BCUT2D eigenvalue weighted by molar-refractivity contribution is -0.133. The molecule has 0 saturated carbocycles. The average molecular weight is 375 g/mol. The molecule has 2 unspecified atom stereocenters. The van der Waals surface area contributed by atoms with Gasteiger partial charge >= 0.3 is 0 Å². The third kappa shape index (κ3) is 4.28. The molecule has 118 valence electrons. The summed E-state index contributed by atoms with van der Waals surface area (Å²) in [5.41, 5.74) is 0. The summed E-state index contributed by atoms with van der Waals surface area (Å²) >= 11 is 5.12. The summed E-state index contributed by atoms with van der Waals surface area (Å²) in [5, 5.41) is 9.48. The van der Waals surface area contributed by atoms with Crippen LogP contribution in [0.25, 0.3) is 0 Å². The SMILES string of the molecule is CCN(Cc1ccc(Br)s1)C(=O)CN1CCC(C)C1CO. The molecule has 1 N–H and O–H groups in total. The van der Waals surface area contributed by atoms with Crippen molar-refractivity contribution in [3.63, 3.8) is 0 Å². The third-order valence-electron chi connectivity index (χ3n) is 4.23. The van der Waals surface area contributed by atoms with E-state index in [1.165, 1.54) is 4.88 Å². The lowest BCUT2D eigenvalue weighted by atomic mass is 10.0. The Hall–Kier alpha value is -0.430. The molecule has 1 aromatic heterocycles. The molecule has 1 aliphatic rings. The van der Waals surface area contributed by atoms with E-state index in [0.29, 0.717) is 25.6 Å². The Bertz CT molecular complexity index is 480. The highest BCUT2D eigenvalue weighted by atomic mass is 79.9. The van der Waals surface area contributed by atoms with Crippen LogP contribution >= 0.6 is 27.3 Å². The molecule has 0 aromatic carbocycles. The van der Waals surface area contributed by atoms with E-state index < -0.39 is 0 Å². The van der Waals surface area contributed by atoms with Gasteiger partial charge in [0.05, 0.1) is 23.5 Å². The molecular formula is C15H23BrN2O2S. The number of aliphatic hydroxyl groups is 1. The largest absolute Gasteiger partial charge is 0.395 e. The first kappa shape index (κ1) is 16.9.